The van der Waals surface area contributed by atoms with E-state index in [0.29, 0.717) is 10.5 Å². The highest BCUT2D eigenvalue weighted by molar-refractivity contribution is 7.86. The summed E-state index contributed by atoms with van der Waals surface area (Å²) < 4.78 is 12.1. The van der Waals surface area contributed by atoms with Crippen LogP contribution < -0.4 is 0 Å². The van der Waals surface area contributed by atoms with Crippen molar-refractivity contribution < 1.29 is 4.21 Å². The minimum Gasteiger partial charge on any atom is -0.259 e. The third-order valence-electron chi connectivity index (χ3n) is 4.88. The van der Waals surface area contributed by atoms with E-state index in [0.717, 1.165) is 19.3 Å². The van der Waals surface area contributed by atoms with Gasteiger partial charge in [0.05, 0.1) is 5.25 Å². The van der Waals surface area contributed by atoms with E-state index in [1.165, 1.54) is 48.8 Å². The van der Waals surface area contributed by atoms with Crippen molar-refractivity contribution in [2.75, 3.05) is 0 Å². The molecule has 1 nitrogen and oxygen atoms in total. The summed E-state index contributed by atoms with van der Waals surface area (Å²) in [5.41, 5.74) is 4.23. The Hall–Kier alpha value is -0.890. The van der Waals surface area contributed by atoms with Gasteiger partial charge in [-0.25, -0.2) is 0 Å². The fraction of sp³-hybridized carbons (Fsp3) is 0.579. The van der Waals surface area contributed by atoms with Gasteiger partial charge in [-0.15, -0.1) is 0 Å². The Labute approximate surface area is 131 Å². The Bertz CT molecular complexity index is 529. The molecular formula is C19H26OS. The molecule has 3 atom stereocenters. The Morgan fingerprint density at radius 1 is 1.10 bits per heavy atom. The second-order valence-corrected chi connectivity index (χ2v) is 8.40. The van der Waals surface area contributed by atoms with Gasteiger partial charge in [-0.1, -0.05) is 56.5 Å². The molecule has 2 heteroatoms. The Kier molecular flexibility index (Phi) is 4.95. The predicted octanol–water partition coefficient (Wildman–Crippen LogP) is 4.88. The maximum Gasteiger partial charge on any atom is 0.0536 e. The minimum atomic E-state index is -0.600. The van der Waals surface area contributed by atoms with Crippen LogP contribution in [-0.2, 0) is 17.2 Å². The summed E-state index contributed by atoms with van der Waals surface area (Å²) in [5, 5.41) is 0.746. The number of hydrogen-bond acceptors (Lipinski definition) is 1. The SMILES string of the molecule is CCCCCCc1ccc(C2=CC3CCC(C2)S3=O)cc1. The van der Waals surface area contributed by atoms with Crippen LogP contribution in [0.2, 0.25) is 0 Å². The molecule has 114 valence electrons. The minimum absolute atomic E-state index is 0.326. The number of benzene rings is 1. The van der Waals surface area contributed by atoms with E-state index >= 15 is 0 Å². The standard InChI is InChI=1S/C19H26OS/c1-2-3-4-5-6-15-7-9-16(10-8-15)17-13-18-11-12-19(14-17)21(18)20/h7-10,13,18-19H,2-6,11-12,14H2,1H3. The lowest BCUT2D eigenvalue weighted by atomic mass is 9.98. The average Bonchev–Trinajstić information content (AvgIpc) is 2.74. The molecular weight excluding hydrogens is 276 g/mol. The van der Waals surface area contributed by atoms with Crippen LogP contribution >= 0.6 is 0 Å². The van der Waals surface area contributed by atoms with Crippen LogP contribution in [-0.4, -0.2) is 14.7 Å². The van der Waals surface area contributed by atoms with E-state index in [2.05, 4.69) is 37.3 Å². The van der Waals surface area contributed by atoms with Crippen LogP contribution in [0.25, 0.3) is 5.57 Å². The van der Waals surface area contributed by atoms with Crippen molar-refractivity contribution in [1.29, 1.82) is 0 Å². The summed E-state index contributed by atoms with van der Waals surface area (Å²) in [6, 6.07) is 9.12. The zero-order valence-corrected chi connectivity index (χ0v) is 13.8. The third-order valence-corrected chi connectivity index (χ3v) is 6.91. The molecule has 0 radical (unpaired) electrons. The summed E-state index contributed by atoms with van der Waals surface area (Å²) in [5.74, 6) is 0. The van der Waals surface area contributed by atoms with Crippen molar-refractivity contribution in [2.45, 2.75) is 68.8 Å². The lowest BCUT2D eigenvalue weighted by molar-refractivity contribution is 0.667. The molecule has 21 heavy (non-hydrogen) atoms. The molecule has 3 rings (SSSR count). The number of fused-ring (bicyclic) bond motifs is 2. The second kappa shape index (κ2) is 6.91. The summed E-state index contributed by atoms with van der Waals surface area (Å²) in [6.45, 7) is 2.26. The first-order chi connectivity index (χ1) is 10.3. The zero-order chi connectivity index (χ0) is 14.7. The molecule has 0 N–H and O–H groups in total. The number of rotatable bonds is 6. The van der Waals surface area contributed by atoms with E-state index in [4.69, 9.17) is 0 Å². The van der Waals surface area contributed by atoms with Crippen molar-refractivity contribution in [3.63, 3.8) is 0 Å². The van der Waals surface area contributed by atoms with Gasteiger partial charge in [0.15, 0.2) is 0 Å². The van der Waals surface area contributed by atoms with Gasteiger partial charge in [0.2, 0.25) is 0 Å². The molecule has 1 fully saturated rings. The Morgan fingerprint density at radius 3 is 2.62 bits per heavy atom. The molecule has 1 saturated heterocycles. The van der Waals surface area contributed by atoms with Crippen LogP contribution in [0.1, 0.15) is 63.0 Å². The first-order valence-corrected chi connectivity index (χ1v) is 9.75. The summed E-state index contributed by atoms with van der Waals surface area (Å²) >= 11 is 0. The fourth-order valence-corrected chi connectivity index (χ4v) is 5.43. The van der Waals surface area contributed by atoms with Gasteiger partial charge in [0.25, 0.3) is 0 Å². The molecule has 0 amide bonds. The number of aryl methyl sites for hydroxylation is 1. The van der Waals surface area contributed by atoms with E-state index in [1.807, 2.05) is 0 Å². The maximum atomic E-state index is 12.1. The first kappa shape index (κ1) is 15.0. The van der Waals surface area contributed by atoms with E-state index in [9.17, 15) is 4.21 Å². The molecule has 2 aliphatic heterocycles. The van der Waals surface area contributed by atoms with E-state index in [-0.39, 0.29) is 0 Å². The van der Waals surface area contributed by atoms with Crippen LogP contribution in [0.5, 0.6) is 0 Å². The lowest BCUT2D eigenvalue weighted by Crippen LogP contribution is -2.19. The highest BCUT2D eigenvalue weighted by Gasteiger charge is 2.36. The van der Waals surface area contributed by atoms with Crippen molar-refractivity contribution in [1.82, 2.24) is 0 Å². The highest BCUT2D eigenvalue weighted by atomic mass is 32.2. The van der Waals surface area contributed by atoms with Crippen molar-refractivity contribution >= 4 is 16.4 Å². The van der Waals surface area contributed by atoms with Gasteiger partial charge in [-0.05, 0) is 48.8 Å². The lowest BCUT2D eigenvalue weighted by Gasteiger charge is -2.19. The predicted molar refractivity (Wildman–Crippen MR) is 91.8 cm³/mol. The zero-order valence-electron chi connectivity index (χ0n) is 13.0. The first-order valence-electron chi connectivity index (χ1n) is 8.47. The molecule has 0 aliphatic carbocycles. The van der Waals surface area contributed by atoms with E-state index < -0.39 is 10.8 Å². The van der Waals surface area contributed by atoms with Gasteiger partial charge in [0.1, 0.15) is 0 Å². The topological polar surface area (TPSA) is 17.1 Å². The summed E-state index contributed by atoms with van der Waals surface area (Å²) in [6.07, 6.45) is 12.1. The second-order valence-electron chi connectivity index (χ2n) is 6.47. The summed E-state index contributed by atoms with van der Waals surface area (Å²) in [4.78, 5) is 0. The van der Waals surface area contributed by atoms with E-state index in [1.54, 1.807) is 0 Å². The maximum absolute atomic E-state index is 12.1. The van der Waals surface area contributed by atoms with Gasteiger partial charge < -0.3 is 0 Å². The average molecular weight is 302 g/mol. The monoisotopic (exact) mass is 302 g/mol. The molecule has 1 aromatic rings. The summed E-state index contributed by atoms with van der Waals surface area (Å²) in [7, 11) is -0.600. The van der Waals surface area contributed by atoms with Gasteiger partial charge >= 0.3 is 0 Å². The molecule has 2 heterocycles. The molecule has 0 aromatic heterocycles. The normalized spacial score (nSPS) is 27.7. The molecule has 1 aromatic carbocycles. The fourth-order valence-electron chi connectivity index (χ4n) is 3.56. The van der Waals surface area contributed by atoms with Gasteiger partial charge in [-0.3, -0.25) is 4.21 Å². The van der Waals surface area contributed by atoms with Gasteiger partial charge in [0, 0.05) is 16.0 Å². The van der Waals surface area contributed by atoms with Crippen LogP contribution in [0.3, 0.4) is 0 Å². The molecule has 0 saturated carbocycles. The largest absolute Gasteiger partial charge is 0.259 e. The van der Waals surface area contributed by atoms with Crippen LogP contribution in [0.4, 0.5) is 0 Å². The molecule has 2 bridgehead atoms. The molecule has 3 unspecified atom stereocenters. The van der Waals surface area contributed by atoms with Crippen molar-refractivity contribution in [3.8, 4) is 0 Å². The van der Waals surface area contributed by atoms with Crippen LogP contribution in [0.15, 0.2) is 30.3 Å². The number of hydrogen-bond donors (Lipinski definition) is 0. The quantitative estimate of drug-likeness (QED) is 0.685. The Morgan fingerprint density at radius 2 is 1.90 bits per heavy atom. The Balaban J connectivity index is 1.62. The molecule has 0 spiro atoms. The van der Waals surface area contributed by atoms with Crippen molar-refractivity contribution in [3.05, 3.63) is 41.5 Å². The smallest absolute Gasteiger partial charge is 0.0536 e. The van der Waals surface area contributed by atoms with Crippen LogP contribution in [0, 0.1) is 0 Å². The van der Waals surface area contributed by atoms with Gasteiger partial charge in [-0.2, -0.15) is 0 Å². The molecule has 2 aliphatic rings. The number of unbranched alkanes of at least 4 members (excludes halogenated alkanes) is 3. The highest BCUT2D eigenvalue weighted by Crippen LogP contribution is 2.38. The number of allylic oxidation sites excluding steroid dienone is 1. The third kappa shape index (κ3) is 3.48. The van der Waals surface area contributed by atoms with Crippen molar-refractivity contribution in [2.24, 2.45) is 0 Å².